The summed E-state index contributed by atoms with van der Waals surface area (Å²) in [6.07, 6.45) is 1.80. The third-order valence-corrected chi connectivity index (χ3v) is 2.89. The van der Waals surface area contributed by atoms with E-state index >= 15 is 0 Å². The quantitative estimate of drug-likeness (QED) is 0.740. The maximum Gasteiger partial charge on any atom is 0.126 e. The number of hydrogen-bond donors (Lipinski definition) is 1. The van der Waals surface area contributed by atoms with Crippen LogP contribution in [0.25, 0.3) is 0 Å². The maximum absolute atomic E-state index is 13.2. The van der Waals surface area contributed by atoms with Crippen molar-refractivity contribution in [3.05, 3.63) is 34.1 Å². The van der Waals surface area contributed by atoms with E-state index in [-0.39, 0.29) is 11.4 Å². The van der Waals surface area contributed by atoms with Crippen LogP contribution < -0.4 is 5.73 Å². The summed E-state index contributed by atoms with van der Waals surface area (Å²) in [4.78, 5) is 0. The molecule has 0 heterocycles. The van der Waals surface area contributed by atoms with Crippen molar-refractivity contribution in [3.8, 4) is 0 Å². The Morgan fingerprint density at radius 2 is 2.08 bits per heavy atom. The van der Waals surface area contributed by atoms with Gasteiger partial charge in [-0.25, -0.2) is 4.39 Å². The number of nitrogens with two attached hydrogens (primary N) is 1. The average Bonchev–Trinajstić information content (AvgIpc) is 2.77. The molecule has 0 radical (unpaired) electrons. The summed E-state index contributed by atoms with van der Waals surface area (Å²) in [7, 11) is 0. The zero-order valence-electron chi connectivity index (χ0n) is 7.40. The van der Waals surface area contributed by atoms with Gasteiger partial charge in [0.2, 0.25) is 0 Å². The largest absolute Gasteiger partial charge is 0.321 e. The van der Waals surface area contributed by atoms with Gasteiger partial charge in [-0.2, -0.15) is 0 Å². The predicted molar refractivity (Wildman–Crippen MR) is 51.2 cm³/mol. The van der Waals surface area contributed by atoms with Crippen LogP contribution in [-0.4, -0.2) is 0 Å². The van der Waals surface area contributed by atoms with E-state index < -0.39 is 0 Å². The van der Waals surface area contributed by atoms with Gasteiger partial charge >= 0.3 is 0 Å². The topological polar surface area (TPSA) is 26.0 Å². The van der Waals surface area contributed by atoms with Gasteiger partial charge in [0.05, 0.1) is 0 Å². The molecular weight excluding hydrogens is 189 g/mol. The van der Waals surface area contributed by atoms with Crippen molar-refractivity contribution in [1.29, 1.82) is 0 Å². The molecule has 1 aromatic rings. The maximum atomic E-state index is 13.2. The zero-order valence-corrected chi connectivity index (χ0v) is 8.16. The van der Waals surface area contributed by atoms with Crippen LogP contribution in [0.1, 0.15) is 24.0 Å². The normalized spacial score (nSPS) is 18.8. The highest BCUT2D eigenvalue weighted by Gasteiger charge is 2.41. The minimum Gasteiger partial charge on any atom is -0.321 e. The molecule has 0 aliphatic heterocycles. The zero-order chi connectivity index (χ0) is 9.64. The van der Waals surface area contributed by atoms with Crippen molar-refractivity contribution in [1.82, 2.24) is 0 Å². The third kappa shape index (κ3) is 1.45. The lowest BCUT2D eigenvalue weighted by Crippen LogP contribution is -2.19. The lowest BCUT2D eigenvalue weighted by molar-refractivity contribution is 0.609. The van der Waals surface area contributed by atoms with E-state index in [0.717, 1.165) is 18.4 Å². The molecule has 1 aromatic carbocycles. The second kappa shape index (κ2) is 2.69. The highest BCUT2D eigenvalue weighted by Crippen LogP contribution is 2.45. The first-order valence-corrected chi connectivity index (χ1v) is 4.66. The van der Waals surface area contributed by atoms with Crippen molar-refractivity contribution in [2.24, 2.45) is 5.73 Å². The molecule has 0 aromatic heterocycles. The summed E-state index contributed by atoms with van der Waals surface area (Å²) in [5.74, 6) is -0.226. The molecule has 13 heavy (non-hydrogen) atoms. The average molecular weight is 200 g/mol. The van der Waals surface area contributed by atoms with Gasteiger partial charge in [0.25, 0.3) is 0 Å². The van der Waals surface area contributed by atoms with E-state index in [1.54, 1.807) is 13.0 Å². The Balaban J connectivity index is 2.52. The molecule has 1 aliphatic rings. The van der Waals surface area contributed by atoms with Crippen molar-refractivity contribution in [2.45, 2.75) is 25.3 Å². The van der Waals surface area contributed by atoms with Crippen LogP contribution in [0.5, 0.6) is 0 Å². The van der Waals surface area contributed by atoms with Crippen molar-refractivity contribution in [3.63, 3.8) is 0 Å². The van der Waals surface area contributed by atoms with Gasteiger partial charge in [0.1, 0.15) is 5.82 Å². The second-order valence-electron chi connectivity index (χ2n) is 3.74. The van der Waals surface area contributed by atoms with E-state index in [0.29, 0.717) is 10.6 Å². The van der Waals surface area contributed by atoms with Gasteiger partial charge in [-0.15, -0.1) is 0 Å². The van der Waals surface area contributed by atoms with Crippen LogP contribution in [-0.2, 0) is 5.54 Å². The Hall–Kier alpha value is -0.600. The minimum atomic E-state index is -0.356. The molecular formula is C10H11ClFN. The van der Waals surface area contributed by atoms with Gasteiger partial charge in [0, 0.05) is 10.6 Å². The first-order valence-electron chi connectivity index (χ1n) is 4.28. The Morgan fingerprint density at radius 3 is 2.62 bits per heavy atom. The lowest BCUT2D eigenvalue weighted by atomic mass is 10.0. The molecule has 0 saturated heterocycles. The summed E-state index contributed by atoms with van der Waals surface area (Å²) in [5, 5.41) is 0.582. The fourth-order valence-corrected chi connectivity index (χ4v) is 1.84. The van der Waals surface area contributed by atoms with Crippen LogP contribution in [0.15, 0.2) is 12.1 Å². The van der Waals surface area contributed by atoms with Crippen molar-refractivity contribution in [2.75, 3.05) is 0 Å². The molecule has 2 rings (SSSR count). The van der Waals surface area contributed by atoms with Crippen LogP contribution >= 0.6 is 11.6 Å². The number of rotatable bonds is 1. The smallest absolute Gasteiger partial charge is 0.126 e. The molecule has 1 saturated carbocycles. The summed E-state index contributed by atoms with van der Waals surface area (Å²) < 4.78 is 13.2. The molecule has 70 valence electrons. The van der Waals surface area contributed by atoms with Gasteiger partial charge in [-0.05, 0) is 43.0 Å². The Labute approximate surface area is 81.7 Å². The summed E-state index contributed by atoms with van der Waals surface area (Å²) in [6, 6.07) is 3.10. The highest BCUT2D eigenvalue weighted by molar-refractivity contribution is 6.31. The Kier molecular flexibility index (Phi) is 1.86. The summed E-state index contributed by atoms with van der Waals surface area (Å²) in [6.45, 7) is 1.70. The first-order chi connectivity index (χ1) is 6.03. The van der Waals surface area contributed by atoms with E-state index in [1.165, 1.54) is 6.07 Å². The molecule has 1 aliphatic carbocycles. The van der Waals surface area contributed by atoms with E-state index in [9.17, 15) is 4.39 Å². The predicted octanol–water partition coefficient (Wildman–Crippen LogP) is 2.74. The number of hydrogen-bond acceptors (Lipinski definition) is 1. The van der Waals surface area contributed by atoms with Crippen LogP contribution in [0.4, 0.5) is 4.39 Å². The lowest BCUT2D eigenvalue weighted by Gasteiger charge is -2.12. The van der Waals surface area contributed by atoms with Crippen molar-refractivity contribution < 1.29 is 4.39 Å². The minimum absolute atomic E-state index is 0.226. The molecule has 0 atom stereocenters. The Morgan fingerprint density at radius 1 is 1.46 bits per heavy atom. The highest BCUT2D eigenvalue weighted by atomic mass is 35.5. The molecule has 0 bridgehead atoms. The first kappa shape index (κ1) is 8.97. The standard InChI is InChI=1S/C10H11ClFN/c1-6-4-8(11)7(5-9(6)12)10(13)2-3-10/h4-5H,2-3,13H2,1H3. The van der Waals surface area contributed by atoms with Gasteiger partial charge in [-0.3, -0.25) is 0 Å². The van der Waals surface area contributed by atoms with Crippen LogP contribution in [0, 0.1) is 12.7 Å². The van der Waals surface area contributed by atoms with Gasteiger partial charge in [-0.1, -0.05) is 11.6 Å². The second-order valence-corrected chi connectivity index (χ2v) is 4.14. The molecule has 2 N–H and O–H groups in total. The van der Waals surface area contributed by atoms with Crippen LogP contribution in [0.3, 0.4) is 0 Å². The summed E-state index contributed by atoms with van der Waals surface area (Å²) >= 11 is 5.98. The molecule has 1 fully saturated rings. The summed E-state index contributed by atoms with van der Waals surface area (Å²) in [5.41, 5.74) is 6.90. The van der Waals surface area contributed by atoms with Crippen molar-refractivity contribution >= 4 is 11.6 Å². The monoisotopic (exact) mass is 199 g/mol. The van der Waals surface area contributed by atoms with E-state index in [2.05, 4.69) is 0 Å². The molecule has 1 nitrogen and oxygen atoms in total. The van der Waals surface area contributed by atoms with E-state index in [4.69, 9.17) is 17.3 Å². The van der Waals surface area contributed by atoms with Gasteiger partial charge < -0.3 is 5.73 Å². The van der Waals surface area contributed by atoms with Crippen LogP contribution in [0.2, 0.25) is 5.02 Å². The fourth-order valence-electron chi connectivity index (χ4n) is 1.43. The number of halogens is 2. The van der Waals surface area contributed by atoms with E-state index in [1.807, 2.05) is 0 Å². The third-order valence-electron chi connectivity index (χ3n) is 2.57. The molecule has 0 spiro atoms. The Bertz CT molecular complexity index is 358. The SMILES string of the molecule is Cc1cc(Cl)c(C2(N)CC2)cc1F. The van der Waals surface area contributed by atoms with Gasteiger partial charge in [0.15, 0.2) is 0 Å². The fraction of sp³-hybridized carbons (Fsp3) is 0.400. The number of aryl methyl sites for hydroxylation is 1. The molecule has 3 heteroatoms. The molecule has 0 unspecified atom stereocenters. The number of benzene rings is 1. The molecule has 0 amide bonds.